The number of pyridine rings is 2. The Morgan fingerprint density at radius 1 is 1.16 bits per heavy atom. The number of hydrogen-bond acceptors (Lipinski definition) is 5. The number of methoxy groups -OCH3 is 1. The minimum Gasteiger partial charge on any atom is -0.481 e. The Morgan fingerprint density at radius 2 is 2.00 bits per heavy atom. The van der Waals surface area contributed by atoms with Gasteiger partial charge in [-0.15, -0.1) is 0 Å². The fourth-order valence-electron chi connectivity index (χ4n) is 2.08. The van der Waals surface area contributed by atoms with Crippen LogP contribution in [0.3, 0.4) is 0 Å². The number of rotatable bonds is 2. The number of fused-ring (bicyclic) bond motifs is 1. The Morgan fingerprint density at radius 3 is 2.68 bits per heavy atom. The van der Waals surface area contributed by atoms with Crippen molar-refractivity contribution >= 4 is 16.7 Å². The molecule has 0 saturated carbocycles. The first-order chi connectivity index (χ1) is 9.20. The SMILES string of the molecule is COc1ccc(-c2cnc(N)c3cnn(C)c23)cn1. The summed E-state index contributed by atoms with van der Waals surface area (Å²) < 4.78 is 6.84. The summed E-state index contributed by atoms with van der Waals surface area (Å²) in [5.41, 5.74) is 8.70. The van der Waals surface area contributed by atoms with E-state index in [0.29, 0.717) is 11.7 Å². The quantitative estimate of drug-likeness (QED) is 0.752. The van der Waals surface area contributed by atoms with Gasteiger partial charge < -0.3 is 10.5 Å². The van der Waals surface area contributed by atoms with Crippen LogP contribution in [0.4, 0.5) is 5.82 Å². The lowest BCUT2D eigenvalue weighted by Gasteiger charge is -2.06. The number of nitrogen functional groups attached to an aromatic ring is 1. The highest BCUT2D eigenvalue weighted by Gasteiger charge is 2.12. The third kappa shape index (κ3) is 1.77. The highest BCUT2D eigenvalue weighted by molar-refractivity contribution is 5.98. The fourth-order valence-corrected chi connectivity index (χ4v) is 2.08. The Kier molecular flexibility index (Phi) is 2.56. The third-order valence-corrected chi connectivity index (χ3v) is 3.06. The third-order valence-electron chi connectivity index (χ3n) is 3.06. The van der Waals surface area contributed by atoms with Crippen molar-refractivity contribution < 1.29 is 4.74 Å². The molecule has 19 heavy (non-hydrogen) atoms. The molecule has 3 heterocycles. The molecule has 0 fully saturated rings. The van der Waals surface area contributed by atoms with Gasteiger partial charge in [0, 0.05) is 36.6 Å². The number of aromatic nitrogens is 4. The van der Waals surface area contributed by atoms with Crippen LogP contribution in [-0.4, -0.2) is 26.9 Å². The molecule has 0 amide bonds. The maximum absolute atomic E-state index is 5.86. The van der Waals surface area contributed by atoms with Crippen LogP contribution < -0.4 is 10.5 Å². The average Bonchev–Trinajstić information content (AvgIpc) is 2.83. The summed E-state index contributed by atoms with van der Waals surface area (Å²) in [4.78, 5) is 8.41. The zero-order chi connectivity index (χ0) is 13.4. The minimum atomic E-state index is 0.480. The number of ether oxygens (including phenoxy) is 1. The molecule has 0 spiro atoms. The van der Waals surface area contributed by atoms with E-state index in [0.717, 1.165) is 22.0 Å². The molecule has 0 aromatic carbocycles. The molecule has 3 rings (SSSR count). The van der Waals surface area contributed by atoms with Crippen LogP contribution in [0.15, 0.2) is 30.7 Å². The molecule has 0 bridgehead atoms. The second kappa shape index (κ2) is 4.24. The zero-order valence-electron chi connectivity index (χ0n) is 10.7. The molecule has 0 unspecified atom stereocenters. The van der Waals surface area contributed by atoms with Crippen molar-refractivity contribution in [1.29, 1.82) is 0 Å². The van der Waals surface area contributed by atoms with E-state index in [1.165, 1.54) is 0 Å². The molecule has 2 N–H and O–H groups in total. The lowest BCUT2D eigenvalue weighted by Crippen LogP contribution is -1.96. The smallest absolute Gasteiger partial charge is 0.212 e. The molecule has 6 nitrogen and oxygen atoms in total. The number of nitrogens with zero attached hydrogens (tertiary/aromatic N) is 4. The molecule has 3 aromatic heterocycles. The lowest BCUT2D eigenvalue weighted by molar-refractivity contribution is 0.398. The monoisotopic (exact) mass is 255 g/mol. The molecule has 0 aliphatic carbocycles. The summed E-state index contributed by atoms with van der Waals surface area (Å²) >= 11 is 0. The Bertz CT molecular complexity index is 733. The van der Waals surface area contributed by atoms with E-state index < -0.39 is 0 Å². The van der Waals surface area contributed by atoms with Gasteiger partial charge >= 0.3 is 0 Å². The highest BCUT2D eigenvalue weighted by atomic mass is 16.5. The van der Waals surface area contributed by atoms with Crippen molar-refractivity contribution in [2.75, 3.05) is 12.8 Å². The van der Waals surface area contributed by atoms with Crippen molar-refractivity contribution in [2.24, 2.45) is 7.05 Å². The Labute approximate surface area is 109 Å². The largest absolute Gasteiger partial charge is 0.481 e. The predicted molar refractivity (Wildman–Crippen MR) is 72.7 cm³/mol. The van der Waals surface area contributed by atoms with Crippen LogP contribution in [-0.2, 0) is 7.05 Å². The second-order valence-corrected chi connectivity index (χ2v) is 4.18. The van der Waals surface area contributed by atoms with Gasteiger partial charge in [0.05, 0.1) is 24.2 Å². The van der Waals surface area contributed by atoms with E-state index in [9.17, 15) is 0 Å². The molecule has 0 saturated heterocycles. The maximum Gasteiger partial charge on any atom is 0.212 e. The highest BCUT2D eigenvalue weighted by Crippen LogP contribution is 2.30. The topological polar surface area (TPSA) is 78.9 Å². The van der Waals surface area contributed by atoms with Gasteiger partial charge in [-0.25, -0.2) is 9.97 Å². The van der Waals surface area contributed by atoms with Crippen molar-refractivity contribution in [2.45, 2.75) is 0 Å². The van der Waals surface area contributed by atoms with Gasteiger partial charge in [-0.05, 0) is 6.07 Å². The van der Waals surface area contributed by atoms with Gasteiger partial charge in [0.2, 0.25) is 5.88 Å². The van der Waals surface area contributed by atoms with Gasteiger partial charge in [-0.2, -0.15) is 5.10 Å². The lowest BCUT2D eigenvalue weighted by atomic mass is 10.1. The number of nitrogens with two attached hydrogens (primary N) is 1. The van der Waals surface area contributed by atoms with Gasteiger partial charge in [-0.1, -0.05) is 0 Å². The van der Waals surface area contributed by atoms with Crippen LogP contribution >= 0.6 is 0 Å². The summed E-state index contributed by atoms with van der Waals surface area (Å²) in [6.07, 6.45) is 5.21. The van der Waals surface area contributed by atoms with E-state index in [-0.39, 0.29) is 0 Å². The summed E-state index contributed by atoms with van der Waals surface area (Å²) in [7, 11) is 3.47. The maximum atomic E-state index is 5.86. The second-order valence-electron chi connectivity index (χ2n) is 4.18. The van der Waals surface area contributed by atoms with E-state index >= 15 is 0 Å². The number of anilines is 1. The average molecular weight is 255 g/mol. The van der Waals surface area contributed by atoms with Crippen LogP contribution in [0, 0.1) is 0 Å². The molecule has 0 aliphatic rings. The Hall–Kier alpha value is -2.63. The van der Waals surface area contributed by atoms with E-state index in [1.54, 1.807) is 30.4 Å². The first-order valence-corrected chi connectivity index (χ1v) is 5.77. The molecular weight excluding hydrogens is 242 g/mol. The molecule has 0 atom stereocenters. The predicted octanol–water partition coefficient (Wildman–Crippen LogP) is 1.62. The van der Waals surface area contributed by atoms with E-state index in [4.69, 9.17) is 10.5 Å². The van der Waals surface area contributed by atoms with E-state index in [1.807, 2.05) is 19.2 Å². The molecular formula is C13H13N5O. The summed E-state index contributed by atoms with van der Waals surface area (Å²) in [5.74, 6) is 1.06. The van der Waals surface area contributed by atoms with Crippen molar-refractivity contribution in [3.05, 3.63) is 30.7 Å². The first-order valence-electron chi connectivity index (χ1n) is 5.77. The van der Waals surface area contributed by atoms with Gasteiger partial charge in [0.15, 0.2) is 0 Å². The summed E-state index contributed by atoms with van der Waals surface area (Å²) in [6, 6.07) is 3.75. The molecule has 0 aliphatic heterocycles. The van der Waals surface area contributed by atoms with Crippen LogP contribution in [0.25, 0.3) is 22.0 Å². The van der Waals surface area contributed by atoms with Gasteiger partial charge in [0.1, 0.15) is 5.82 Å². The van der Waals surface area contributed by atoms with Crippen LogP contribution in [0.2, 0.25) is 0 Å². The van der Waals surface area contributed by atoms with Gasteiger partial charge in [0.25, 0.3) is 0 Å². The normalized spacial score (nSPS) is 10.8. The molecule has 6 heteroatoms. The van der Waals surface area contributed by atoms with Crippen molar-refractivity contribution in [3.8, 4) is 17.0 Å². The van der Waals surface area contributed by atoms with Gasteiger partial charge in [-0.3, -0.25) is 4.68 Å². The van der Waals surface area contributed by atoms with Crippen LogP contribution in [0.5, 0.6) is 5.88 Å². The first kappa shape index (κ1) is 11.5. The van der Waals surface area contributed by atoms with Crippen LogP contribution in [0.1, 0.15) is 0 Å². The Balaban J connectivity index is 2.24. The molecule has 3 aromatic rings. The van der Waals surface area contributed by atoms with E-state index in [2.05, 4.69) is 15.1 Å². The number of hydrogen-bond donors (Lipinski definition) is 1. The minimum absolute atomic E-state index is 0.480. The number of aryl methyl sites for hydroxylation is 1. The van der Waals surface area contributed by atoms with Crippen molar-refractivity contribution in [1.82, 2.24) is 19.7 Å². The zero-order valence-corrected chi connectivity index (χ0v) is 10.7. The van der Waals surface area contributed by atoms with Crippen molar-refractivity contribution in [3.63, 3.8) is 0 Å². The molecule has 96 valence electrons. The standard InChI is InChI=1S/C13H13N5O/c1-18-12-9(6-16-13(14)10(12)7-17-18)8-3-4-11(19-2)15-5-8/h3-7H,1-2H3,(H2,14,16). The summed E-state index contributed by atoms with van der Waals surface area (Å²) in [5, 5.41) is 5.07. The summed E-state index contributed by atoms with van der Waals surface area (Å²) in [6.45, 7) is 0. The molecule has 0 radical (unpaired) electrons. The fraction of sp³-hybridized carbons (Fsp3) is 0.154.